The van der Waals surface area contributed by atoms with Crippen LogP contribution in [-0.2, 0) is 0 Å². The Morgan fingerprint density at radius 2 is 2.13 bits per heavy atom. The molecule has 0 radical (unpaired) electrons. The van der Waals surface area contributed by atoms with Gasteiger partial charge < -0.3 is 3.79 Å². The maximum absolute atomic E-state index is 11.6. The van der Waals surface area contributed by atoms with Gasteiger partial charge in [-0.3, -0.25) is 4.79 Å². The molecular weight excluding hydrogens is 250 g/mol. The number of carbonyl (C=O) groups excluding carboxylic acids is 1. The fraction of sp³-hybridized carbons (Fsp3) is 0.100. The second-order valence-electron chi connectivity index (χ2n) is 3.16. The van der Waals surface area contributed by atoms with Crippen molar-refractivity contribution in [3.05, 3.63) is 35.4 Å². The molecule has 0 atom stereocenters. The maximum atomic E-state index is 11.6. The van der Waals surface area contributed by atoms with Crippen molar-refractivity contribution >= 4 is 44.6 Å². The fourth-order valence-corrected chi connectivity index (χ4v) is 2.47. The Labute approximate surface area is 101 Å². The smallest absolute Gasteiger partial charge is 0.620 e. The van der Waals surface area contributed by atoms with Crippen LogP contribution < -0.4 is 3.79 Å². The number of carbonyl (C=O) groups is 1. The first-order valence-electron chi connectivity index (χ1n) is 4.45. The molecule has 0 bridgehead atoms. The van der Waals surface area contributed by atoms with E-state index in [0.29, 0.717) is 17.7 Å². The van der Waals surface area contributed by atoms with E-state index in [4.69, 9.17) is 23.9 Å². The van der Waals surface area contributed by atoms with Crippen LogP contribution in [0, 0.1) is 0 Å². The lowest BCUT2D eigenvalue weighted by Crippen LogP contribution is -2.08. The molecule has 1 aromatic rings. The van der Waals surface area contributed by atoms with E-state index in [2.05, 4.69) is 0 Å². The maximum Gasteiger partial charge on any atom is 0.815 e. The van der Waals surface area contributed by atoms with Gasteiger partial charge >= 0.3 is 12.6 Å². The van der Waals surface area contributed by atoms with E-state index in [1.165, 1.54) is 0 Å². The zero-order valence-corrected chi connectivity index (χ0v) is 10.4. The van der Waals surface area contributed by atoms with Crippen LogP contribution in [0.3, 0.4) is 0 Å². The van der Waals surface area contributed by atoms with Crippen LogP contribution in [0.5, 0.6) is 5.75 Å². The van der Waals surface area contributed by atoms with Crippen molar-refractivity contribution in [1.82, 2.24) is 0 Å². The third-order valence-electron chi connectivity index (χ3n) is 2.15. The molecule has 15 heavy (non-hydrogen) atoms. The zero-order valence-electron chi connectivity index (χ0n) is 7.74. The summed E-state index contributed by atoms with van der Waals surface area (Å²) in [7, 11) is 11.2. The number of halogens is 2. The Hall–Kier alpha value is -0.458. The molecule has 76 valence electrons. The molecular formula is C10H7AlCl2O2. The summed E-state index contributed by atoms with van der Waals surface area (Å²) in [5.41, 5.74) is 1.60. The van der Waals surface area contributed by atoms with E-state index >= 15 is 0 Å². The van der Waals surface area contributed by atoms with Crippen molar-refractivity contribution < 1.29 is 8.58 Å². The average molecular weight is 257 g/mol. The molecule has 0 aromatic heterocycles. The normalized spacial score (nSPS) is 13.6. The van der Waals surface area contributed by atoms with Crippen LogP contribution in [0.15, 0.2) is 24.3 Å². The monoisotopic (exact) mass is 256 g/mol. The number of Topliss-reactive ketones (excluding diaryl/α,β-unsaturated/α-hetero) is 1. The summed E-state index contributed by atoms with van der Waals surface area (Å²) >= 11 is -2.14. The van der Waals surface area contributed by atoms with Crippen molar-refractivity contribution in [3.8, 4) is 5.75 Å². The molecule has 0 saturated carbocycles. The molecule has 0 unspecified atom stereocenters. The molecule has 0 spiro atoms. The number of benzene rings is 1. The fourth-order valence-electron chi connectivity index (χ4n) is 1.50. The van der Waals surface area contributed by atoms with Gasteiger partial charge in [-0.15, -0.1) is 0 Å². The van der Waals surface area contributed by atoms with Crippen molar-refractivity contribution in [3.63, 3.8) is 0 Å². The predicted molar refractivity (Wildman–Crippen MR) is 62.5 cm³/mol. The molecule has 0 aliphatic heterocycles. The van der Waals surface area contributed by atoms with Gasteiger partial charge in [0.1, 0.15) is 0 Å². The molecule has 0 N–H and O–H groups in total. The van der Waals surface area contributed by atoms with Crippen LogP contribution in [0.25, 0.3) is 6.08 Å². The first-order chi connectivity index (χ1) is 7.16. The lowest BCUT2D eigenvalue weighted by molar-refractivity contribution is 0.0994. The lowest BCUT2D eigenvalue weighted by atomic mass is 9.96. The van der Waals surface area contributed by atoms with E-state index in [0.717, 1.165) is 5.56 Å². The van der Waals surface area contributed by atoms with E-state index in [-0.39, 0.29) is 5.78 Å². The number of hydrogen-bond donors (Lipinski definition) is 0. The quantitative estimate of drug-likeness (QED) is 0.761. The first kappa shape index (κ1) is 11.0. The molecule has 0 fully saturated rings. The first-order valence-corrected chi connectivity index (χ1v) is 8.42. The highest BCUT2D eigenvalue weighted by Crippen LogP contribution is 2.24. The van der Waals surface area contributed by atoms with Gasteiger partial charge in [0.15, 0.2) is 5.78 Å². The number of rotatable bonds is 2. The van der Waals surface area contributed by atoms with E-state index in [1.54, 1.807) is 12.1 Å². The molecule has 1 aromatic carbocycles. The van der Waals surface area contributed by atoms with Crippen LogP contribution >= 0.6 is 20.1 Å². The van der Waals surface area contributed by atoms with Gasteiger partial charge in [0.25, 0.3) is 0 Å². The molecule has 1 aliphatic carbocycles. The lowest BCUT2D eigenvalue weighted by Gasteiger charge is -2.12. The second kappa shape index (κ2) is 4.59. The minimum Gasteiger partial charge on any atom is -0.620 e. The van der Waals surface area contributed by atoms with Crippen molar-refractivity contribution in [2.75, 3.05) is 0 Å². The summed E-state index contributed by atoms with van der Waals surface area (Å²) in [5, 5.41) is 0. The number of ketones is 1. The average Bonchev–Trinajstić information content (AvgIpc) is 2.18. The Bertz CT molecular complexity index is 429. The zero-order chi connectivity index (χ0) is 10.8. The van der Waals surface area contributed by atoms with Gasteiger partial charge in [-0.05, 0) is 17.7 Å². The van der Waals surface area contributed by atoms with Gasteiger partial charge in [-0.25, -0.2) is 0 Å². The molecule has 0 amide bonds. The predicted octanol–water partition coefficient (Wildman–Crippen LogP) is 3.13. The standard InChI is InChI=1S/C10H8O2.Al.2ClH/c11-8-5-4-7-2-1-3-10(12)9(7)6-8;;;/h1-2,4-6,11H,3H2;;2*1H/q;+3;;/p-3. The third kappa shape index (κ3) is 2.56. The van der Waals surface area contributed by atoms with Crippen molar-refractivity contribution in [2.45, 2.75) is 6.42 Å². The van der Waals surface area contributed by atoms with E-state index in [1.807, 2.05) is 18.2 Å². The van der Waals surface area contributed by atoms with Gasteiger partial charge in [0.05, 0.1) is 5.75 Å². The minimum absolute atomic E-state index is 0.0975. The Kier molecular flexibility index (Phi) is 3.38. The number of allylic oxidation sites excluding steroid dienone is 1. The van der Waals surface area contributed by atoms with Crippen LogP contribution in [0.2, 0.25) is 0 Å². The van der Waals surface area contributed by atoms with Crippen molar-refractivity contribution in [1.29, 1.82) is 0 Å². The topological polar surface area (TPSA) is 26.3 Å². The summed E-state index contributed by atoms with van der Waals surface area (Å²) in [6.45, 7) is 0. The highest BCUT2D eigenvalue weighted by atomic mass is 35.7. The number of fused-ring (bicyclic) bond motifs is 1. The van der Waals surface area contributed by atoms with Gasteiger partial charge in [0.2, 0.25) is 0 Å². The van der Waals surface area contributed by atoms with Crippen molar-refractivity contribution in [2.24, 2.45) is 0 Å². The highest BCUT2D eigenvalue weighted by molar-refractivity contribution is 7.31. The third-order valence-corrected chi connectivity index (χ3v) is 3.14. The molecule has 2 rings (SSSR count). The van der Waals surface area contributed by atoms with Gasteiger partial charge in [-0.2, -0.15) is 20.1 Å². The van der Waals surface area contributed by atoms with Crippen LogP contribution in [-0.4, -0.2) is 18.4 Å². The molecule has 0 saturated heterocycles. The number of hydrogen-bond acceptors (Lipinski definition) is 2. The molecule has 1 aliphatic rings. The summed E-state index contributed by atoms with van der Waals surface area (Å²) < 4.78 is 5.22. The SMILES string of the molecule is O=C1CC=Cc2ccc([O][Al]([Cl])[Cl])cc21. The molecule has 0 heterocycles. The van der Waals surface area contributed by atoms with Gasteiger partial charge in [-0.1, -0.05) is 18.2 Å². The van der Waals surface area contributed by atoms with Crippen LogP contribution in [0.1, 0.15) is 22.3 Å². The largest absolute Gasteiger partial charge is 0.815 e. The van der Waals surface area contributed by atoms with Gasteiger partial charge in [0, 0.05) is 12.0 Å². The highest BCUT2D eigenvalue weighted by Gasteiger charge is 2.19. The summed E-state index contributed by atoms with van der Waals surface area (Å²) in [6, 6.07) is 5.31. The molecule has 2 nitrogen and oxygen atoms in total. The Morgan fingerprint density at radius 1 is 1.33 bits per heavy atom. The Morgan fingerprint density at radius 3 is 2.87 bits per heavy atom. The van der Waals surface area contributed by atoms with E-state index in [9.17, 15) is 4.79 Å². The second-order valence-corrected chi connectivity index (χ2v) is 6.96. The Balaban J connectivity index is 2.36. The summed E-state index contributed by atoms with van der Waals surface area (Å²) in [4.78, 5) is 11.6. The summed E-state index contributed by atoms with van der Waals surface area (Å²) in [5.74, 6) is 0.666. The minimum atomic E-state index is -2.14. The molecule has 5 heteroatoms. The van der Waals surface area contributed by atoms with E-state index < -0.39 is 12.6 Å². The summed E-state index contributed by atoms with van der Waals surface area (Å²) in [6.07, 6.45) is 4.22. The van der Waals surface area contributed by atoms with Crippen LogP contribution in [0.4, 0.5) is 0 Å².